The Labute approximate surface area is 235 Å². The predicted octanol–water partition coefficient (Wildman–Crippen LogP) is 8.56. The monoisotopic (exact) mass is 576 g/mol. The largest absolute Gasteiger partial charge is 0.339 e. The van der Waals surface area contributed by atoms with E-state index in [1.54, 1.807) is 61.5 Å². The van der Waals surface area contributed by atoms with Crippen LogP contribution in [0.1, 0.15) is 16.7 Å². The van der Waals surface area contributed by atoms with Gasteiger partial charge < -0.3 is 9.80 Å². The van der Waals surface area contributed by atoms with Gasteiger partial charge in [0.15, 0.2) is 0 Å². The van der Waals surface area contributed by atoms with Crippen molar-refractivity contribution in [1.82, 2.24) is 9.80 Å². The molecule has 0 fully saturated rings. The first-order valence-corrected chi connectivity index (χ1v) is 15.3. The average molecular weight is 577 g/mol. The van der Waals surface area contributed by atoms with Crippen molar-refractivity contribution in [3.63, 3.8) is 0 Å². The first-order valence-electron chi connectivity index (χ1n) is 11.1. The van der Waals surface area contributed by atoms with Crippen LogP contribution in [0.4, 0.5) is 9.59 Å². The highest BCUT2D eigenvalue weighted by molar-refractivity contribution is 8.13. The topological polar surface area (TPSA) is 40.6 Å². The van der Waals surface area contributed by atoms with Gasteiger partial charge in [-0.25, -0.2) is 0 Å². The smallest absolute Gasteiger partial charge is 0.285 e. The van der Waals surface area contributed by atoms with E-state index in [1.807, 2.05) is 24.3 Å². The molecule has 0 bridgehead atoms. The standard InChI is InChI=1S/C27H29ClN2O2S4/c1-29(2)26(31)35-22-9-5-19(6-10-22)17-33-24-13-21(16-28)14-25(15-24)34-18-20-7-11-23(12-8-20)36-27(32)30(3)4/h5-15H,16-18H2,1-4H3. The number of amides is 2. The van der Waals surface area contributed by atoms with Gasteiger partial charge in [-0.05, 0) is 82.7 Å². The highest BCUT2D eigenvalue weighted by atomic mass is 35.5. The maximum absolute atomic E-state index is 11.9. The van der Waals surface area contributed by atoms with Crippen molar-refractivity contribution >= 4 is 69.1 Å². The predicted molar refractivity (Wildman–Crippen MR) is 158 cm³/mol. The minimum absolute atomic E-state index is 0.0225. The number of hydrogen-bond donors (Lipinski definition) is 0. The van der Waals surface area contributed by atoms with E-state index < -0.39 is 0 Å². The molecule has 0 atom stereocenters. The second-order valence-corrected chi connectivity index (χ2v) is 12.8. The molecule has 0 N–H and O–H groups in total. The SMILES string of the molecule is CN(C)C(=O)Sc1ccc(CSc2cc(CCl)cc(SCc3ccc(SC(=O)N(C)C)cc3)c2)cc1. The van der Waals surface area contributed by atoms with Crippen molar-refractivity contribution in [2.75, 3.05) is 28.2 Å². The van der Waals surface area contributed by atoms with Gasteiger partial charge in [0, 0.05) is 65.2 Å². The van der Waals surface area contributed by atoms with Crippen molar-refractivity contribution in [1.29, 1.82) is 0 Å². The molecule has 190 valence electrons. The molecule has 0 unspecified atom stereocenters. The van der Waals surface area contributed by atoms with Gasteiger partial charge in [-0.1, -0.05) is 24.3 Å². The second-order valence-electron chi connectivity index (χ2n) is 8.34. The van der Waals surface area contributed by atoms with Gasteiger partial charge in [0.05, 0.1) is 0 Å². The summed E-state index contributed by atoms with van der Waals surface area (Å²) < 4.78 is 0. The molecule has 36 heavy (non-hydrogen) atoms. The number of carbonyl (C=O) groups excluding carboxylic acids is 2. The van der Waals surface area contributed by atoms with Crippen LogP contribution in [0, 0.1) is 0 Å². The first kappa shape index (κ1) is 28.9. The van der Waals surface area contributed by atoms with Gasteiger partial charge in [-0.15, -0.1) is 35.1 Å². The zero-order valence-electron chi connectivity index (χ0n) is 20.7. The van der Waals surface area contributed by atoms with Gasteiger partial charge in [0.25, 0.3) is 10.5 Å². The van der Waals surface area contributed by atoms with Crippen LogP contribution in [0.25, 0.3) is 0 Å². The van der Waals surface area contributed by atoms with E-state index in [4.69, 9.17) is 11.6 Å². The second kappa shape index (κ2) is 14.3. The summed E-state index contributed by atoms with van der Waals surface area (Å²) in [5, 5.41) is 0.0450. The van der Waals surface area contributed by atoms with E-state index in [1.165, 1.54) is 44.4 Å². The minimum Gasteiger partial charge on any atom is -0.339 e. The van der Waals surface area contributed by atoms with Gasteiger partial charge in [0.1, 0.15) is 0 Å². The van der Waals surface area contributed by atoms with Crippen LogP contribution in [-0.4, -0.2) is 48.5 Å². The van der Waals surface area contributed by atoms with E-state index in [9.17, 15) is 9.59 Å². The van der Waals surface area contributed by atoms with Crippen molar-refractivity contribution in [3.8, 4) is 0 Å². The third-order valence-electron chi connectivity index (χ3n) is 4.89. The van der Waals surface area contributed by atoms with Gasteiger partial charge in [-0.3, -0.25) is 9.59 Å². The number of halogens is 1. The summed E-state index contributed by atoms with van der Waals surface area (Å²) in [7, 11) is 7.03. The molecule has 0 saturated heterocycles. The van der Waals surface area contributed by atoms with Crippen LogP contribution < -0.4 is 0 Å². The highest BCUT2D eigenvalue weighted by Gasteiger charge is 2.09. The molecule has 3 rings (SSSR count). The summed E-state index contributed by atoms with van der Waals surface area (Å²) in [6.45, 7) is 0. The Morgan fingerprint density at radius 2 is 1.00 bits per heavy atom. The third-order valence-corrected chi connectivity index (χ3v) is 9.39. The molecule has 3 aromatic carbocycles. The fraction of sp³-hybridized carbons (Fsp3) is 0.259. The van der Waals surface area contributed by atoms with E-state index in [0.717, 1.165) is 26.9 Å². The minimum atomic E-state index is 0.0225. The van der Waals surface area contributed by atoms with Crippen LogP contribution in [-0.2, 0) is 17.4 Å². The zero-order chi connectivity index (χ0) is 26.1. The number of hydrogen-bond acceptors (Lipinski definition) is 6. The molecular formula is C27H29ClN2O2S4. The van der Waals surface area contributed by atoms with Gasteiger partial charge in [-0.2, -0.15) is 0 Å². The Hall–Kier alpha value is -1.71. The fourth-order valence-electron chi connectivity index (χ4n) is 2.90. The van der Waals surface area contributed by atoms with Crippen molar-refractivity contribution in [2.24, 2.45) is 0 Å². The van der Waals surface area contributed by atoms with Crippen LogP contribution >= 0.6 is 58.6 Å². The first-order chi connectivity index (χ1) is 17.2. The van der Waals surface area contributed by atoms with E-state index >= 15 is 0 Å². The van der Waals surface area contributed by atoms with Crippen molar-refractivity contribution in [2.45, 2.75) is 37.0 Å². The lowest BCUT2D eigenvalue weighted by Crippen LogP contribution is -2.15. The van der Waals surface area contributed by atoms with Crippen molar-refractivity contribution < 1.29 is 9.59 Å². The quantitative estimate of drug-likeness (QED) is 0.188. The fourth-order valence-corrected chi connectivity index (χ4v) is 6.38. The molecule has 9 heteroatoms. The van der Waals surface area contributed by atoms with Crippen LogP contribution in [0.5, 0.6) is 0 Å². The lowest BCUT2D eigenvalue weighted by Gasteiger charge is -2.11. The maximum atomic E-state index is 11.9. The number of thioether (sulfide) groups is 4. The number of alkyl halides is 1. The number of rotatable bonds is 9. The molecule has 0 saturated carbocycles. The van der Waals surface area contributed by atoms with Crippen molar-refractivity contribution in [3.05, 3.63) is 83.4 Å². The molecule has 0 aliphatic heterocycles. The summed E-state index contributed by atoms with van der Waals surface area (Å²) in [4.78, 5) is 31.2. The van der Waals surface area contributed by atoms with E-state index in [2.05, 4.69) is 42.5 Å². The molecule has 0 radical (unpaired) electrons. The summed E-state index contributed by atoms with van der Waals surface area (Å²) in [5.74, 6) is 2.15. The lowest BCUT2D eigenvalue weighted by molar-refractivity contribution is 0.240. The van der Waals surface area contributed by atoms with E-state index in [-0.39, 0.29) is 10.5 Å². The molecule has 3 aromatic rings. The number of carbonyl (C=O) groups is 2. The molecule has 2 amide bonds. The summed E-state index contributed by atoms with van der Waals surface area (Å²) in [6.07, 6.45) is 0. The van der Waals surface area contributed by atoms with Crippen LogP contribution in [0.3, 0.4) is 0 Å². The van der Waals surface area contributed by atoms with Gasteiger partial charge >= 0.3 is 0 Å². The molecule has 0 spiro atoms. The zero-order valence-corrected chi connectivity index (χ0v) is 24.7. The Morgan fingerprint density at radius 1 is 0.611 bits per heavy atom. The van der Waals surface area contributed by atoms with Gasteiger partial charge in [0.2, 0.25) is 0 Å². The highest BCUT2D eigenvalue weighted by Crippen LogP contribution is 2.32. The normalized spacial score (nSPS) is 10.8. The Kier molecular flexibility index (Phi) is 11.5. The number of nitrogens with zero attached hydrogens (tertiary/aromatic N) is 2. The Bertz CT molecular complexity index is 1080. The average Bonchev–Trinajstić information content (AvgIpc) is 2.87. The Morgan fingerprint density at radius 3 is 1.33 bits per heavy atom. The van der Waals surface area contributed by atoms with Crippen LogP contribution in [0.2, 0.25) is 0 Å². The van der Waals surface area contributed by atoms with Crippen LogP contribution in [0.15, 0.2) is 86.3 Å². The third kappa shape index (κ3) is 9.30. The molecular weight excluding hydrogens is 548 g/mol. The summed E-state index contributed by atoms with van der Waals surface area (Å²) in [5.41, 5.74) is 3.52. The summed E-state index contributed by atoms with van der Waals surface area (Å²) >= 11 is 12.2. The number of benzene rings is 3. The molecule has 4 nitrogen and oxygen atoms in total. The lowest BCUT2D eigenvalue weighted by atomic mass is 10.2. The van der Waals surface area contributed by atoms with E-state index in [0.29, 0.717) is 5.88 Å². The Balaban J connectivity index is 1.58. The maximum Gasteiger partial charge on any atom is 0.285 e. The molecule has 0 aliphatic rings. The molecule has 0 aliphatic carbocycles. The molecule has 0 heterocycles. The summed E-state index contributed by atoms with van der Waals surface area (Å²) in [6, 6.07) is 22.8. The molecule has 0 aromatic heterocycles.